The summed E-state index contributed by atoms with van der Waals surface area (Å²) in [4.78, 5) is 0. The summed E-state index contributed by atoms with van der Waals surface area (Å²) in [5, 5.41) is 12.7. The van der Waals surface area contributed by atoms with Gasteiger partial charge >= 0.3 is 0 Å². The molecule has 1 aromatic heterocycles. The Labute approximate surface area is 99.2 Å². The lowest BCUT2D eigenvalue weighted by Crippen LogP contribution is -2.45. The van der Waals surface area contributed by atoms with Gasteiger partial charge in [0.05, 0.1) is 12.4 Å². The molecule has 0 fully saturated rings. The van der Waals surface area contributed by atoms with Crippen LogP contribution in [0.2, 0.25) is 5.22 Å². The molecule has 5 heteroatoms. The van der Waals surface area contributed by atoms with Crippen LogP contribution in [-0.4, -0.2) is 30.1 Å². The van der Waals surface area contributed by atoms with Gasteiger partial charge in [-0.05, 0) is 37.7 Å². The summed E-state index contributed by atoms with van der Waals surface area (Å²) in [7, 11) is 1.85. The summed E-state index contributed by atoms with van der Waals surface area (Å²) in [6, 6.07) is 3.60. The molecule has 2 N–H and O–H groups in total. The van der Waals surface area contributed by atoms with Gasteiger partial charge in [-0.2, -0.15) is 11.8 Å². The SMILES string of the molecule is CNC(C)(CO)CSCc1ccc(Cl)o1. The van der Waals surface area contributed by atoms with E-state index in [0.29, 0.717) is 5.22 Å². The standard InChI is InChI=1S/C10H16ClNO2S/c1-10(6-13,12-2)7-15-5-8-3-4-9(11)14-8/h3-4,12-13H,5-7H2,1-2H3. The molecular formula is C10H16ClNO2S. The highest BCUT2D eigenvalue weighted by atomic mass is 35.5. The van der Waals surface area contributed by atoms with Gasteiger partial charge in [0.2, 0.25) is 0 Å². The van der Waals surface area contributed by atoms with Crippen molar-refractivity contribution < 1.29 is 9.52 Å². The van der Waals surface area contributed by atoms with Gasteiger partial charge in [0.1, 0.15) is 5.76 Å². The average Bonchev–Trinajstić information content (AvgIpc) is 2.64. The molecule has 1 aromatic rings. The van der Waals surface area contributed by atoms with Crippen LogP contribution in [-0.2, 0) is 5.75 Å². The molecular weight excluding hydrogens is 234 g/mol. The van der Waals surface area contributed by atoms with E-state index in [1.807, 2.05) is 20.0 Å². The molecule has 1 atom stereocenters. The van der Waals surface area contributed by atoms with E-state index in [4.69, 9.17) is 21.1 Å². The predicted octanol–water partition coefficient (Wildman–Crippen LogP) is 2.14. The number of likely N-dealkylation sites (N-methyl/N-ethyl adjacent to an activating group) is 1. The molecule has 0 saturated carbocycles. The number of hydrogen-bond acceptors (Lipinski definition) is 4. The van der Waals surface area contributed by atoms with Crippen LogP contribution in [0, 0.1) is 0 Å². The van der Waals surface area contributed by atoms with Crippen molar-refractivity contribution in [3.8, 4) is 0 Å². The van der Waals surface area contributed by atoms with Crippen LogP contribution in [0.4, 0.5) is 0 Å². The largest absolute Gasteiger partial charge is 0.449 e. The lowest BCUT2D eigenvalue weighted by atomic mass is 10.1. The molecule has 1 heterocycles. The third kappa shape index (κ3) is 4.07. The zero-order valence-electron chi connectivity index (χ0n) is 8.92. The maximum Gasteiger partial charge on any atom is 0.193 e. The molecule has 0 aromatic carbocycles. The van der Waals surface area contributed by atoms with Gasteiger partial charge in [0, 0.05) is 11.3 Å². The van der Waals surface area contributed by atoms with Crippen molar-refractivity contribution in [1.82, 2.24) is 5.32 Å². The van der Waals surface area contributed by atoms with E-state index in [1.54, 1.807) is 17.8 Å². The van der Waals surface area contributed by atoms with Crippen LogP contribution < -0.4 is 5.32 Å². The topological polar surface area (TPSA) is 45.4 Å². The van der Waals surface area contributed by atoms with Gasteiger partial charge in [0.25, 0.3) is 0 Å². The number of thioether (sulfide) groups is 1. The minimum atomic E-state index is -0.235. The molecule has 0 radical (unpaired) electrons. The monoisotopic (exact) mass is 249 g/mol. The van der Waals surface area contributed by atoms with Crippen LogP contribution in [0.25, 0.3) is 0 Å². The normalized spacial score (nSPS) is 15.2. The molecule has 3 nitrogen and oxygen atoms in total. The molecule has 0 aliphatic rings. The van der Waals surface area contributed by atoms with Gasteiger partial charge in [-0.1, -0.05) is 0 Å². The first-order chi connectivity index (χ1) is 7.09. The van der Waals surface area contributed by atoms with Gasteiger partial charge in [0.15, 0.2) is 5.22 Å². The first kappa shape index (κ1) is 12.9. The zero-order chi connectivity index (χ0) is 11.3. The minimum Gasteiger partial charge on any atom is -0.449 e. The molecule has 86 valence electrons. The first-order valence-electron chi connectivity index (χ1n) is 4.71. The molecule has 0 aliphatic carbocycles. The van der Waals surface area contributed by atoms with Crippen LogP contribution in [0.1, 0.15) is 12.7 Å². The number of rotatable bonds is 6. The van der Waals surface area contributed by atoms with Crippen LogP contribution >= 0.6 is 23.4 Å². The summed E-state index contributed by atoms with van der Waals surface area (Å²) in [6.07, 6.45) is 0. The highest BCUT2D eigenvalue weighted by molar-refractivity contribution is 7.98. The molecule has 0 aliphatic heterocycles. The van der Waals surface area contributed by atoms with Crippen molar-refractivity contribution in [2.24, 2.45) is 0 Å². The van der Waals surface area contributed by atoms with E-state index < -0.39 is 0 Å². The molecule has 0 saturated heterocycles. The van der Waals surface area contributed by atoms with E-state index in [9.17, 15) is 0 Å². The second kappa shape index (κ2) is 5.80. The second-order valence-corrected chi connectivity index (χ2v) is 5.03. The number of aliphatic hydroxyl groups is 1. The summed E-state index contributed by atoms with van der Waals surface area (Å²) in [5.41, 5.74) is -0.235. The second-order valence-electron chi connectivity index (χ2n) is 3.67. The number of furan rings is 1. The fourth-order valence-electron chi connectivity index (χ4n) is 1.00. The van der Waals surface area contributed by atoms with Crippen molar-refractivity contribution in [2.45, 2.75) is 18.2 Å². The van der Waals surface area contributed by atoms with E-state index >= 15 is 0 Å². The van der Waals surface area contributed by atoms with Crippen molar-refractivity contribution in [3.63, 3.8) is 0 Å². The smallest absolute Gasteiger partial charge is 0.193 e. The number of hydrogen-bond donors (Lipinski definition) is 2. The Balaban J connectivity index is 2.32. The summed E-state index contributed by atoms with van der Waals surface area (Å²) >= 11 is 7.36. The molecule has 15 heavy (non-hydrogen) atoms. The van der Waals surface area contributed by atoms with Gasteiger partial charge in [-0.3, -0.25) is 0 Å². The Morgan fingerprint density at radius 3 is 2.80 bits per heavy atom. The average molecular weight is 250 g/mol. The van der Waals surface area contributed by atoms with Crippen molar-refractivity contribution in [1.29, 1.82) is 0 Å². The van der Waals surface area contributed by atoms with Crippen LogP contribution in [0.5, 0.6) is 0 Å². The third-order valence-corrected chi connectivity index (χ3v) is 3.78. The van der Waals surface area contributed by atoms with E-state index in [2.05, 4.69) is 5.32 Å². The molecule has 0 amide bonds. The lowest BCUT2D eigenvalue weighted by molar-refractivity contribution is 0.200. The summed E-state index contributed by atoms with van der Waals surface area (Å²) < 4.78 is 5.23. The van der Waals surface area contributed by atoms with Gasteiger partial charge < -0.3 is 14.8 Å². The number of aliphatic hydroxyl groups excluding tert-OH is 1. The lowest BCUT2D eigenvalue weighted by Gasteiger charge is -2.25. The fourth-order valence-corrected chi connectivity index (χ4v) is 2.31. The first-order valence-corrected chi connectivity index (χ1v) is 6.24. The molecule has 0 bridgehead atoms. The molecule has 1 unspecified atom stereocenters. The van der Waals surface area contributed by atoms with Crippen molar-refractivity contribution in [2.75, 3.05) is 19.4 Å². The van der Waals surface area contributed by atoms with E-state index in [0.717, 1.165) is 17.3 Å². The maximum absolute atomic E-state index is 9.17. The molecule has 0 spiro atoms. The minimum absolute atomic E-state index is 0.120. The Bertz CT molecular complexity index is 299. The third-order valence-electron chi connectivity index (χ3n) is 2.25. The highest BCUT2D eigenvalue weighted by Crippen LogP contribution is 2.21. The Hall–Kier alpha value is -0.160. The maximum atomic E-state index is 9.17. The highest BCUT2D eigenvalue weighted by Gasteiger charge is 2.20. The number of nitrogens with one attached hydrogen (secondary N) is 1. The fraction of sp³-hybridized carbons (Fsp3) is 0.600. The number of halogens is 1. The summed E-state index contributed by atoms with van der Waals surface area (Å²) in [6.45, 7) is 2.10. The van der Waals surface area contributed by atoms with Crippen LogP contribution in [0.3, 0.4) is 0 Å². The van der Waals surface area contributed by atoms with Crippen molar-refractivity contribution >= 4 is 23.4 Å². The predicted molar refractivity (Wildman–Crippen MR) is 64.4 cm³/mol. The molecule has 1 rings (SSSR count). The Morgan fingerprint density at radius 1 is 1.60 bits per heavy atom. The quantitative estimate of drug-likeness (QED) is 0.811. The van der Waals surface area contributed by atoms with Gasteiger partial charge in [-0.25, -0.2) is 0 Å². The summed E-state index contributed by atoms with van der Waals surface area (Å²) in [5.74, 6) is 2.45. The van der Waals surface area contributed by atoms with Crippen molar-refractivity contribution in [3.05, 3.63) is 23.1 Å². The van der Waals surface area contributed by atoms with Crippen LogP contribution in [0.15, 0.2) is 16.5 Å². The van der Waals surface area contributed by atoms with E-state index in [-0.39, 0.29) is 12.1 Å². The Kier molecular flexibility index (Phi) is 4.99. The van der Waals surface area contributed by atoms with E-state index in [1.165, 1.54) is 0 Å². The Morgan fingerprint density at radius 2 is 2.33 bits per heavy atom. The van der Waals surface area contributed by atoms with Gasteiger partial charge in [-0.15, -0.1) is 0 Å². The zero-order valence-corrected chi connectivity index (χ0v) is 10.5.